The smallest absolute Gasteiger partial charge is 0.295 e. The molecule has 0 aliphatic carbocycles. The number of rotatable bonds is 13. The third kappa shape index (κ3) is 13.0. The van der Waals surface area contributed by atoms with Crippen LogP contribution in [0.1, 0.15) is 27.7 Å². The highest BCUT2D eigenvalue weighted by atomic mass is 32.2. The molecule has 2 aromatic carbocycles. The molecule has 23 heteroatoms. The molecule has 0 fully saturated rings. The summed E-state index contributed by atoms with van der Waals surface area (Å²) in [6.07, 6.45) is 1.66. The fourth-order valence-corrected chi connectivity index (χ4v) is 5.63. The fraction of sp³-hybridized carbons (Fsp3) is 0.333. The van der Waals surface area contributed by atoms with Crippen LogP contribution in [0.4, 0.5) is 23.5 Å². The summed E-state index contributed by atoms with van der Waals surface area (Å²) in [4.78, 5) is 41.8. The van der Waals surface area contributed by atoms with Crippen molar-refractivity contribution in [1.29, 1.82) is 0 Å². The van der Waals surface area contributed by atoms with Crippen molar-refractivity contribution in [3.05, 3.63) is 105 Å². The van der Waals surface area contributed by atoms with Crippen LogP contribution in [-0.2, 0) is 22.9 Å². The summed E-state index contributed by atoms with van der Waals surface area (Å²) in [5, 5.41) is 39.7. The SMILES string of the molecule is C[C@@H](N)CO.C[C@@H](O)Cn1c(=O)c(Oc2ccc(F)cc2F)cc2cnc(S(C)(=O)=O)nc21.C[C@H](CO)Nc1ncc2cc(Oc3ccc(F)cc3F)c(=O)n(C[C@@H](C)O)c2n1. The number of nitrogens with zero attached hydrogens (tertiary/aromatic N) is 6. The van der Waals surface area contributed by atoms with Crippen LogP contribution in [0.2, 0.25) is 0 Å². The van der Waals surface area contributed by atoms with Crippen LogP contribution < -0.4 is 31.6 Å². The van der Waals surface area contributed by atoms with Gasteiger partial charge in [-0.1, -0.05) is 0 Å². The predicted octanol–water partition coefficient (Wildman–Crippen LogP) is 3.01. The lowest BCUT2D eigenvalue weighted by molar-refractivity contribution is 0.173. The van der Waals surface area contributed by atoms with Crippen molar-refractivity contribution < 1.29 is 55.9 Å². The van der Waals surface area contributed by atoms with Crippen LogP contribution in [0.3, 0.4) is 0 Å². The molecule has 0 saturated heterocycles. The third-order valence-corrected chi connectivity index (χ3v) is 8.82. The zero-order valence-electron chi connectivity index (χ0n) is 33.8. The van der Waals surface area contributed by atoms with Crippen molar-refractivity contribution in [2.45, 2.75) is 70.2 Å². The van der Waals surface area contributed by atoms with Gasteiger partial charge in [-0.3, -0.25) is 18.7 Å². The minimum Gasteiger partial charge on any atom is -0.448 e. The lowest BCUT2D eigenvalue weighted by atomic mass is 10.2. The highest BCUT2D eigenvalue weighted by Crippen LogP contribution is 2.27. The average Bonchev–Trinajstić information content (AvgIpc) is 3.19. The Morgan fingerprint density at radius 3 is 1.53 bits per heavy atom. The van der Waals surface area contributed by atoms with Gasteiger partial charge in [-0.25, -0.2) is 35.9 Å². The number of aliphatic hydroxyl groups excluding tert-OH is 4. The van der Waals surface area contributed by atoms with E-state index in [-0.39, 0.29) is 84.0 Å². The van der Waals surface area contributed by atoms with Crippen LogP contribution in [-0.4, -0.2) is 102 Å². The molecule has 0 aliphatic rings. The molecule has 18 nitrogen and oxygen atoms in total. The van der Waals surface area contributed by atoms with E-state index in [1.165, 1.54) is 42.9 Å². The second kappa shape index (κ2) is 21.1. The first kappa shape index (κ1) is 48.6. The van der Waals surface area contributed by atoms with Gasteiger partial charge in [0.15, 0.2) is 34.6 Å². The second-order valence-electron chi connectivity index (χ2n) is 14.0. The highest BCUT2D eigenvalue weighted by molar-refractivity contribution is 7.90. The molecule has 4 heterocycles. The van der Waals surface area contributed by atoms with E-state index in [1.807, 2.05) is 0 Å². The molecule has 0 unspecified atom stereocenters. The van der Waals surface area contributed by atoms with Crippen molar-refractivity contribution in [2.24, 2.45) is 5.73 Å². The molecule has 0 spiro atoms. The lowest BCUT2D eigenvalue weighted by Crippen LogP contribution is -2.27. The zero-order valence-corrected chi connectivity index (χ0v) is 34.6. The quantitative estimate of drug-likeness (QED) is 0.0719. The zero-order chi connectivity index (χ0) is 46.1. The number of nitrogens with one attached hydrogen (secondary N) is 1. The monoisotopic (exact) mass is 892 g/mol. The third-order valence-electron chi connectivity index (χ3n) is 7.96. The number of sulfone groups is 1. The van der Waals surface area contributed by atoms with Crippen LogP contribution in [0.15, 0.2) is 75.7 Å². The molecule has 0 saturated carbocycles. The normalized spacial score (nSPS) is 13.3. The molecule has 334 valence electrons. The molecule has 0 aliphatic heterocycles. The number of hydrogen-bond acceptors (Lipinski definition) is 16. The number of benzene rings is 2. The predicted molar refractivity (Wildman–Crippen MR) is 218 cm³/mol. The number of pyridine rings is 2. The van der Waals surface area contributed by atoms with Crippen LogP contribution in [0.5, 0.6) is 23.0 Å². The minimum atomic E-state index is -3.74. The lowest BCUT2D eigenvalue weighted by Gasteiger charge is -2.16. The number of halogens is 4. The standard InChI is InChI=1S/C19H20F2N4O4.C17H15F2N3O5S.C3H9NO/c1-10(9-26)23-19-22-7-12-5-16(29-15-4-3-13(20)6-14(15)21)18(28)25(8-11(2)27)17(12)24-19;1-9(23)8-22-15-10(7-20-17(21-15)28(2,25)26)5-14(16(22)24)27-13-4-3-11(18)6-12(13)19;1-3(4)2-5/h3-7,10-11,26-27H,8-9H2,1-2H3,(H,22,23,24);3-7,9,23H,8H2,1-2H3;3,5H,2,4H2,1H3/t10-,11-;9-;3-/m111/s1. The Kier molecular flexibility index (Phi) is 16.5. The van der Waals surface area contributed by atoms with Gasteiger partial charge in [0.05, 0.1) is 38.5 Å². The van der Waals surface area contributed by atoms with Crippen molar-refractivity contribution in [2.75, 3.05) is 24.8 Å². The molecule has 4 atom stereocenters. The molecule has 7 N–H and O–H groups in total. The summed E-state index contributed by atoms with van der Waals surface area (Å²) < 4.78 is 90.3. The van der Waals surface area contributed by atoms with Crippen LogP contribution >= 0.6 is 0 Å². The minimum absolute atomic E-state index is 0.0340. The summed E-state index contributed by atoms with van der Waals surface area (Å²) >= 11 is 0. The fourth-order valence-electron chi connectivity index (χ4n) is 5.13. The molecule has 62 heavy (non-hydrogen) atoms. The Morgan fingerprint density at radius 2 is 1.15 bits per heavy atom. The van der Waals surface area contributed by atoms with E-state index < -0.39 is 61.6 Å². The molecule has 0 amide bonds. The number of ether oxygens (including phenoxy) is 2. The maximum absolute atomic E-state index is 13.9. The van der Waals surface area contributed by atoms with E-state index in [0.29, 0.717) is 17.5 Å². The Labute approximate surface area is 350 Å². The van der Waals surface area contributed by atoms with Crippen LogP contribution in [0.25, 0.3) is 22.1 Å². The summed E-state index contributed by atoms with van der Waals surface area (Å²) in [5.74, 6) is -4.60. The summed E-state index contributed by atoms with van der Waals surface area (Å²) in [7, 11) is -3.74. The van der Waals surface area contributed by atoms with Gasteiger partial charge in [-0.05, 0) is 64.1 Å². The van der Waals surface area contributed by atoms with E-state index in [2.05, 4.69) is 25.3 Å². The first-order valence-electron chi connectivity index (χ1n) is 18.5. The second-order valence-corrected chi connectivity index (χ2v) is 15.9. The summed E-state index contributed by atoms with van der Waals surface area (Å²) in [5.41, 5.74) is 3.80. The van der Waals surface area contributed by atoms with Gasteiger partial charge in [0.25, 0.3) is 11.1 Å². The maximum atomic E-state index is 13.9. The molecule has 6 aromatic rings. The van der Waals surface area contributed by atoms with Crippen molar-refractivity contribution in [1.82, 2.24) is 29.1 Å². The first-order valence-corrected chi connectivity index (χ1v) is 20.4. The number of nitrogens with two attached hydrogens (primary N) is 1. The van der Waals surface area contributed by atoms with Gasteiger partial charge in [0.2, 0.25) is 20.9 Å². The van der Waals surface area contributed by atoms with E-state index in [0.717, 1.165) is 35.1 Å². The van der Waals surface area contributed by atoms with Gasteiger partial charge < -0.3 is 41.0 Å². The molecule has 0 radical (unpaired) electrons. The topological polar surface area (TPSA) is 267 Å². The van der Waals surface area contributed by atoms with Crippen molar-refractivity contribution in [3.63, 3.8) is 0 Å². The molecule has 4 aromatic heterocycles. The number of fused-ring (bicyclic) bond motifs is 2. The number of aromatic nitrogens is 6. The summed E-state index contributed by atoms with van der Waals surface area (Å²) in [6.45, 7) is 6.02. The van der Waals surface area contributed by atoms with Gasteiger partial charge in [0, 0.05) is 53.6 Å². The Morgan fingerprint density at radius 1 is 0.710 bits per heavy atom. The van der Waals surface area contributed by atoms with E-state index in [4.69, 9.17) is 25.4 Å². The molecule has 6 rings (SSSR count). The average molecular weight is 893 g/mol. The number of anilines is 1. The van der Waals surface area contributed by atoms with Crippen molar-refractivity contribution in [3.8, 4) is 23.0 Å². The Balaban J connectivity index is 0.000000246. The van der Waals surface area contributed by atoms with Gasteiger partial charge in [-0.2, -0.15) is 9.97 Å². The Hall–Kier alpha value is -6.11. The first-order chi connectivity index (χ1) is 29.1. The Bertz CT molecular complexity index is 2760. The van der Waals surface area contributed by atoms with E-state index in [1.54, 1.807) is 13.8 Å². The van der Waals surface area contributed by atoms with E-state index >= 15 is 0 Å². The number of aliphatic hydroxyl groups is 4. The van der Waals surface area contributed by atoms with Gasteiger partial charge in [-0.15, -0.1) is 0 Å². The van der Waals surface area contributed by atoms with Gasteiger partial charge >= 0.3 is 0 Å². The van der Waals surface area contributed by atoms with E-state index in [9.17, 15) is 45.8 Å². The van der Waals surface area contributed by atoms with Gasteiger partial charge in [0.1, 0.15) is 22.9 Å². The largest absolute Gasteiger partial charge is 0.448 e. The van der Waals surface area contributed by atoms with Crippen LogP contribution in [0, 0.1) is 23.3 Å². The van der Waals surface area contributed by atoms with Crippen molar-refractivity contribution >= 4 is 37.9 Å². The summed E-state index contributed by atoms with van der Waals surface area (Å²) in [6, 6.07) is 7.52. The number of hydrogen-bond donors (Lipinski definition) is 6. The molecular weight excluding hydrogens is 849 g/mol. The maximum Gasteiger partial charge on any atom is 0.295 e. The molecule has 0 bridgehead atoms. The highest BCUT2D eigenvalue weighted by Gasteiger charge is 2.20. The molecular formula is C39H44F4N8O10S.